The first kappa shape index (κ1) is 9.08. The molecule has 1 N–H and O–H groups in total. The zero-order chi connectivity index (χ0) is 9.97. The lowest BCUT2D eigenvalue weighted by Gasteiger charge is -2.38. The first-order chi connectivity index (χ1) is 6.81. The molecule has 1 amide bonds. The summed E-state index contributed by atoms with van der Waals surface area (Å²) >= 11 is 0. The van der Waals surface area contributed by atoms with Crippen LogP contribution in [0.5, 0.6) is 0 Å². The Morgan fingerprint density at radius 3 is 2.71 bits per heavy atom. The van der Waals surface area contributed by atoms with Crippen LogP contribution in [-0.4, -0.2) is 45.6 Å². The zero-order valence-corrected chi connectivity index (χ0v) is 7.63. The summed E-state index contributed by atoms with van der Waals surface area (Å²) in [6, 6.07) is 0. The predicted molar refractivity (Wildman–Crippen MR) is 48.5 cm³/mol. The van der Waals surface area contributed by atoms with Crippen LogP contribution in [0.15, 0.2) is 18.7 Å². The molecule has 2 heterocycles. The number of rotatable bonds is 2. The average Bonchev–Trinajstić information content (AvgIpc) is 2.17. The maximum atomic E-state index is 11.7. The molecule has 74 valence electrons. The smallest absolute Gasteiger partial charge is 0.257 e. The number of carbonyl (C=O) groups excluding carboxylic acids is 1. The molecule has 5 heteroatoms. The Kier molecular flexibility index (Phi) is 2.41. The van der Waals surface area contributed by atoms with Gasteiger partial charge in [0.2, 0.25) is 0 Å². The fourth-order valence-corrected chi connectivity index (χ4v) is 1.44. The molecule has 0 saturated carbocycles. The molecule has 0 unspecified atom stereocenters. The van der Waals surface area contributed by atoms with E-state index in [-0.39, 0.29) is 18.4 Å². The van der Waals surface area contributed by atoms with E-state index >= 15 is 0 Å². The van der Waals surface area contributed by atoms with Gasteiger partial charge in [0.1, 0.15) is 6.33 Å². The van der Waals surface area contributed by atoms with Crippen LogP contribution in [0, 0.1) is 5.92 Å². The fourth-order valence-electron chi connectivity index (χ4n) is 1.44. The van der Waals surface area contributed by atoms with Crippen LogP contribution >= 0.6 is 0 Å². The van der Waals surface area contributed by atoms with E-state index in [4.69, 9.17) is 5.11 Å². The third kappa shape index (κ3) is 1.58. The lowest BCUT2D eigenvalue weighted by molar-refractivity contribution is 0.0361. The second kappa shape index (κ2) is 3.71. The maximum absolute atomic E-state index is 11.7. The van der Waals surface area contributed by atoms with Crippen molar-refractivity contribution in [2.24, 2.45) is 5.92 Å². The molecule has 0 radical (unpaired) electrons. The molecular formula is C9H11N3O2. The Morgan fingerprint density at radius 2 is 2.14 bits per heavy atom. The van der Waals surface area contributed by atoms with Crippen molar-refractivity contribution >= 4 is 5.91 Å². The topological polar surface area (TPSA) is 66.3 Å². The summed E-state index contributed by atoms with van der Waals surface area (Å²) < 4.78 is 0. The number of amides is 1. The van der Waals surface area contributed by atoms with Gasteiger partial charge < -0.3 is 10.0 Å². The molecule has 1 aromatic rings. The molecule has 5 nitrogen and oxygen atoms in total. The number of nitrogens with zero attached hydrogens (tertiary/aromatic N) is 3. The van der Waals surface area contributed by atoms with Gasteiger partial charge in [-0.2, -0.15) is 0 Å². The van der Waals surface area contributed by atoms with Crippen molar-refractivity contribution in [2.45, 2.75) is 0 Å². The van der Waals surface area contributed by atoms with Gasteiger partial charge in [-0.05, 0) is 0 Å². The fraction of sp³-hybridized carbons (Fsp3) is 0.444. The normalized spacial score (nSPS) is 16.5. The van der Waals surface area contributed by atoms with Gasteiger partial charge in [0.25, 0.3) is 5.91 Å². The van der Waals surface area contributed by atoms with Gasteiger partial charge in [-0.15, -0.1) is 0 Å². The summed E-state index contributed by atoms with van der Waals surface area (Å²) in [4.78, 5) is 20.9. The number of hydrogen-bond acceptors (Lipinski definition) is 4. The molecule has 0 spiro atoms. The van der Waals surface area contributed by atoms with Crippen LogP contribution < -0.4 is 0 Å². The second-order valence-corrected chi connectivity index (χ2v) is 3.39. The van der Waals surface area contributed by atoms with Gasteiger partial charge in [-0.1, -0.05) is 0 Å². The number of aliphatic hydroxyl groups excluding tert-OH is 1. The number of hydrogen-bond donors (Lipinski definition) is 1. The molecule has 0 atom stereocenters. The van der Waals surface area contributed by atoms with Gasteiger partial charge in [-0.3, -0.25) is 4.79 Å². The van der Waals surface area contributed by atoms with Crippen molar-refractivity contribution in [3.05, 3.63) is 24.3 Å². The minimum Gasteiger partial charge on any atom is -0.396 e. The molecule has 1 aromatic heterocycles. The molecule has 0 bridgehead atoms. The Hall–Kier alpha value is -1.49. The van der Waals surface area contributed by atoms with Crippen LogP contribution in [-0.2, 0) is 0 Å². The summed E-state index contributed by atoms with van der Waals surface area (Å²) in [5.41, 5.74) is 0.504. The molecule has 2 rings (SSSR count). The number of likely N-dealkylation sites (tertiary alicyclic amines) is 1. The van der Waals surface area contributed by atoms with E-state index in [9.17, 15) is 4.79 Å². The Morgan fingerprint density at radius 1 is 1.50 bits per heavy atom. The van der Waals surface area contributed by atoms with E-state index in [1.165, 1.54) is 18.7 Å². The van der Waals surface area contributed by atoms with E-state index in [0.29, 0.717) is 18.7 Å². The largest absolute Gasteiger partial charge is 0.396 e. The highest BCUT2D eigenvalue weighted by Crippen LogP contribution is 2.16. The molecule has 1 saturated heterocycles. The molecule has 1 aliphatic heterocycles. The second-order valence-electron chi connectivity index (χ2n) is 3.39. The third-order valence-corrected chi connectivity index (χ3v) is 2.31. The zero-order valence-electron chi connectivity index (χ0n) is 7.63. The lowest BCUT2D eigenvalue weighted by atomic mass is 10.0. The van der Waals surface area contributed by atoms with Gasteiger partial charge in [0, 0.05) is 38.0 Å². The van der Waals surface area contributed by atoms with E-state index in [2.05, 4.69) is 9.97 Å². The summed E-state index contributed by atoms with van der Waals surface area (Å²) in [5.74, 6) is 0.180. The highest BCUT2D eigenvalue weighted by atomic mass is 16.3. The first-order valence-electron chi connectivity index (χ1n) is 4.46. The van der Waals surface area contributed by atoms with Crippen LogP contribution in [0.25, 0.3) is 0 Å². The van der Waals surface area contributed by atoms with Crippen LogP contribution in [0.3, 0.4) is 0 Å². The van der Waals surface area contributed by atoms with Gasteiger partial charge in [0.15, 0.2) is 0 Å². The molecule has 0 aliphatic carbocycles. The van der Waals surface area contributed by atoms with Crippen molar-refractivity contribution in [1.82, 2.24) is 14.9 Å². The summed E-state index contributed by atoms with van der Waals surface area (Å²) in [5, 5.41) is 8.79. The summed E-state index contributed by atoms with van der Waals surface area (Å²) in [6.07, 6.45) is 4.40. The first-order valence-corrected chi connectivity index (χ1v) is 4.46. The lowest BCUT2D eigenvalue weighted by Crippen LogP contribution is -2.51. The Bertz CT molecular complexity index is 322. The SMILES string of the molecule is O=C(c1cncnc1)N1CC(CO)C1. The van der Waals surface area contributed by atoms with Crippen molar-refractivity contribution in [3.8, 4) is 0 Å². The van der Waals surface area contributed by atoms with Crippen LogP contribution in [0.2, 0.25) is 0 Å². The van der Waals surface area contributed by atoms with Gasteiger partial charge >= 0.3 is 0 Å². The maximum Gasteiger partial charge on any atom is 0.257 e. The van der Waals surface area contributed by atoms with Crippen LogP contribution in [0.1, 0.15) is 10.4 Å². The van der Waals surface area contributed by atoms with E-state index in [1.54, 1.807) is 4.90 Å². The van der Waals surface area contributed by atoms with E-state index in [1.807, 2.05) is 0 Å². The van der Waals surface area contributed by atoms with Gasteiger partial charge in [-0.25, -0.2) is 9.97 Å². The minimum atomic E-state index is -0.0599. The van der Waals surface area contributed by atoms with Gasteiger partial charge in [0.05, 0.1) is 5.56 Å². The summed E-state index contributed by atoms with van der Waals surface area (Å²) in [6.45, 7) is 1.41. The number of carbonyl (C=O) groups is 1. The van der Waals surface area contributed by atoms with Crippen LogP contribution in [0.4, 0.5) is 0 Å². The Labute approximate surface area is 81.4 Å². The molecule has 0 aromatic carbocycles. The average molecular weight is 193 g/mol. The van der Waals surface area contributed by atoms with Crippen molar-refractivity contribution in [2.75, 3.05) is 19.7 Å². The quantitative estimate of drug-likeness (QED) is 0.690. The molecular weight excluding hydrogens is 182 g/mol. The predicted octanol–water partition coefficient (Wildman–Crippen LogP) is -0.459. The highest BCUT2D eigenvalue weighted by Gasteiger charge is 2.30. The highest BCUT2D eigenvalue weighted by molar-refractivity contribution is 5.94. The number of aliphatic hydroxyl groups is 1. The standard InChI is InChI=1S/C9H11N3O2/c13-5-7-3-12(4-7)9(14)8-1-10-6-11-2-8/h1-2,6-7,13H,3-5H2. The molecule has 1 aliphatic rings. The van der Waals surface area contributed by atoms with E-state index < -0.39 is 0 Å². The molecule has 1 fully saturated rings. The summed E-state index contributed by atoms with van der Waals surface area (Å²) in [7, 11) is 0. The van der Waals surface area contributed by atoms with Crippen molar-refractivity contribution < 1.29 is 9.90 Å². The monoisotopic (exact) mass is 193 g/mol. The minimum absolute atomic E-state index is 0.0599. The van der Waals surface area contributed by atoms with Crippen molar-refractivity contribution in [1.29, 1.82) is 0 Å². The Balaban J connectivity index is 1.98. The van der Waals surface area contributed by atoms with Crippen molar-refractivity contribution in [3.63, 3.8) is 0 Å². The molecule has 14 heavy (non-hydrogen) atoms. The number of aromatic nitrogens is 2. The van der Waals surface area contributed by atoms with E-state index in [0.717, 1.165) is 0 Å². The third-order valence-electron chi connectivity index (χ3n) is 2.31.